The summed E-state index contributed by atoms with van der Waals surface area (Å²) in [7, 11) is 0. The van der Waals surface area contributed by atoms with E-state index >= 15 is 0 Å². The highest BCUT2D eigenvalue weighted by molar-refractivity contribution is 6.01. The Labute approximate surface area is 122 Å². The molecule has 110 valence electrons. The number of carbonyl (C=O) groups is 1. The fraction of sp³-hybridized carbons (Fsp3) is 0.188. The first-order valence-corrected chi connectivity index (χ1v) is 6.61. The van der Waals surface area contributed by atoms with Crippen molar-refractivity contribution in [1.82, 2.24) is 0 Å². The molecule has 0 aliphatic heterocycles. The number of benzene rings is 2. The summed E-state index contributed by atoms with van der Waals surface area (Å²) in [6, 6.07) is 10.3. The largest absolute Gasteiger partial charge is 0.478 e. The van der Waals surface area contributed by atoms with Gasteiger partial charge in [-0.05, 0) is 38.1 Å². The predicted molar refractivity (Wildman–Crippen MR) is 81.6 cm³/mol. The third-order valence-electron chi connectivity index (χ3n) is 3.34. The van der Waals surface area contributed by atoms with E-state index in [1.165, 1.54) is 12.1 Å². The van der Waals surface area contributed by atoms with Crippen LogP contribution < -0.4 is 10.6 Å². The van der Waals surface area contributed by atoms with Gasteiger partial charge < -0.3 is 15.7 Å². The minimum Gasteiger partial charge on any atom is -0.478 e. The molecule has 0 amide bonds. The van der Waals surface area contributed by atoms with E-state index in [1.807, 2.05) is 38.1 Å². The van der Waals surface area contributed by atoms with E-state index in [2.05, 4.69) is 0 Å². The second kappa shape index (κ2) is 5.83. The van der Waals surface area contributed by atoms with Crippen molar-refractivity contribution < 1.29 is 14.3 Å². The summed E-state index contributed by atoms with van der Waals surface area (Å²) >= 11 is 0. The van der Waals surface area contributed by atoms with Crippen molar-refractivity contribution in [3.8, 4) is 0 Å². The average Bonchev–Trinajstić information content (AvgIpc) is 2.45. The molecule has 0 spiro atoms. The molecule has 0 atom stereocenters. The lowest BCUT2D eigenvalue weighted by Gasteiger charge is -2.25. The summed E-state index contributed by atoms with van der Waals surface area (Å²) in [5, 5.41) is 9.33. The fourth-order valence-corrected chi connectivity index (χ4v) is 2.25. The first-order valence-electron chi connectivity index (χ1n) is 6.61. The molecule has 0 bridgehead atoms. The van der Waals surface area contributed by atoms with Gasteiger partial charge in [-0.3, -0.25) is 0 Å². The second-order valence-corrected chi connectivity index (χ2v) is 4.74. The predicted octanol–water partition coefficient (Wildman–Crippen LogP) is 3.57. The summed E-state index contributed by atoms with van der Waals surface area (Å²) in [6.45, 7) is 4.40. The zero-order valence-electron chi connectivity index (χ0n) is 11.9. The normalized spacial score (nSPS) is 10.4. The molecule has 4 nitrogen and oxygen atoms in total. The van der Waals surface area contributed by atoms with Crippen molar-refractivity contribution in [3.05, 3.63) is 53.3 Å². The smallest absolute Gasteiger partial charge is 0.340 e. The number of aromatic carboxylic acids is 1. The molecule has 0 fully saturated rings. The van der Waals surface area contributed by atoms with Gasteiger partial charge in [0.2, 0.25) is 0 Å². The maximum Gasteiger partial charge on any atom is 0.340 e. The molecule has 0 saturated heterocycles. The van der Waals surface area contributed by atoms with Crippen LogP contribution in [-0.2, 0) is 0 Å². The summed E-state index contributed by atoms with van der Waals surface area (Å²) in [5.41, 5.74) is 7.36. The average molecular weight is 288 g/mol. The van der Waals surface area contributed by atoms with Crippen molar-refractivity contribution in [3.63, 3.8) is 0 Å². The molecule has 0 heterocycles. The van der Waals surface area contributed by atoms with Crippen LogP contribution in [-0.4, -0.2) is 17.6 Å². The van der Waals surface area contributed by atoms with E-state index in [9.17, 15) is 14.3 Å². The van der Waals surface area contributed by atoms with Crippen molar-refractivity contribution in [2.24, 2.45) is 0 Å². The van der Waals surface area contributed by atoms with Crippen molar-refractivity contribution in [1.29, 1.82) is 0 Å². The van der Waals surface area contributed by atoms with E-state index in [0.29, 0.717) is 12.2 Å². The quantitative estimate of drug-likeness (QED) is 0.844. The van der Waals surface area contributed by atoms with Gasteiger partial charge in [-0.25, -0.2) is 9.18 Å². The molecule has 0 saturated carbocycles. The highest BCUT2D eigenvalue weighted by atomic mass is 19.1. The van der Waals surface area contributed by atoms with Crippen LogP contribution in [0.3, 0.4) is 0 Å². The lowest BCUT2D eigenvalue weighted by Crippen LogP contribution is -2.20. The van der Waals surface area contributed by atoms with Gasteiger partial charge in [0.1, 0.15) is 11.4 Å². The van der Waals surface area contributed by atoms with Gasteiger partial charge in [0.25, 0.3) is 0 Å². The molecule has 0 aliphatic rings. The van der Waals surface area contributed by atoms with Crippen molar-refractivity contribution in [2.45, 2.75) is 13.8 Å². The molecule has 0 aliphatic carbocycles. The summed E-state index contributed by atoms with van der Waals surface area (Å²) in [5.74, 6) is -1.97. The van der Waals surface area contributed by atoms with Crippen LogP contribution >= 0.6 is 0 Å². The molecule has 0 aromatic heterocycles. The van der Waals surface area contributed by atoms with Gasteiger partial charge >= 0.3 is 5.97 Å². The van der Waals surface area contributed by atoms with E-state index in [-0.39, 0.29) is 11.3 Å². The van der Waals surface area contributed by atoms with Crippen LogP contribution in [0.15, 0.2) is 36.4 Å². The molecule has 2 aromatic carbocycles. The number of hydrogen-bond acceptors (Lipinski definition) is 3. The minimum atomic E-state index is -1.24. The minimum absolute atomic E-state index is 0.211. The SMILES string of the molecule is CCN(c1ccc(C)cc1)c1ccc(F)c(N)c1C(=O)O. The van der Waals surface area contributed by atoms with E-state index in [4.69, 9.17) is 5.73 Å². The Morgan fingerprint density at radius 3 is 2.38 bits per heavy atom. The zero-order valence-corrected chi connectivity index (χ0v) is 11.9. The van der Waals surface area contributed by atoms with Crippen LogP contribution in [0, 0.1) is 12.7 Å². The lowest BCUT2D eigenvalue weighted by atomic mass is 10.1. The van der Waals surface area contributed by atoms with Crippen LogP contribution in [0.4, 0.5) is 21.5 Å². The topological polar surface area (TPSA) is 66.6 Å². The molecule has 2 aromatic rings. The zero-order chi connectivity index (χ0) is 15.6. The third-order valence-corrected chi connectivity index (χ3v) is 3.34. The van der Waals surface area contributed by atoms with Crippen LogP contribution in [0.2, 0.25) is 0 Å². The van der Waals surface area contributed by atoms with E-state index < -0.39 is 11.8 Å². The number of hydrogen-bond donors (Lipinski definition) is 2. The Bertz CT molecular complexity index is 669. The van der Waals surface area contributed by atoms with Gasteiger partial charge in [-0.1, -0.05) is 17.7 Å². The van der Waals surface area contributed by atoms with Crippen LogP contribution in [0.25, 0.3) is 0 Å². The van der Waals surface area contributed by atoms with Gasteiger partial charge in [0.15, 0.2) is 0 Å². The number of nitrogens with two attached hydrogens (primary N) is 1. The molecular weight excluding hydrogens is 271 g/mol. The maximum atomic E-state index is 13.5. The number of anilines is 3. The van der Waals surface area contributed by atoms with Gasteiger partial charge in [-0.2, -0.15) is 0 Å². The first-order chi connectivity index (χ1) is 9.95. The van der Waals surface area contributed by atoms with Crippen LogP contribution in [0.1, 0.15) is 22.8 Å². The Morgan fingerprint density at radius 1 is 1.24 bits per heavy atom. The Kier molecular flexibility index (Phi) is 4.12. The summed E-state index contributed by atoms with van der Waals surface area (Å²) in [6.07, 6.45) is 0. The molecule has 0 radical (unpaired) electrons. The van der Waals surface area contributed by atoms with Gasteiger partial charge in [0, 0.05) is 12.2 Å². The van der Waals surface area contributed by atoms with E-state index in [1.54, 1.807) is 4.90 Å². The number of carboxylic acid groups (broad SMARTS) is 1. The standard InChI is InChI=1S/C16H17FN2O2/c1-3-19(11-6-4-10(2)5-7-11)13-9-8-12(17)15(18)14(13)16(20)21/h4-9H,3,18H2,1-2H3,(H,20,21). The summed E-state index contributed by atoms with van der Waals surface area (Å²) < 4.78 is 13.5. The number of nitrogen functional groups attached to an aromatic ring is 1. The molecule has 5 heteroatoms. The monoisotopic (exact) mass is 288 g/mol. The number of halogens is 1. The van der Waals surface area contributed by atoms with Gasteiger partial charge in [-0.15, -0.1) is 0 Å². The molecule has 2 rings (SSSR count). The maximum absolute atomic E-state index is 13.5. The van der Waals surface area contributed by atoms with E-state index in [0.717, 1.165) is 11.3 Å². The summed E-state index contributed by atoms with van der Waals surface area (Å²) in [4.78, 5) is 13.2. The second-order valence-electron chi connectivity index (χ2n) is 4.74. The van der Waals surface area contributed by atoms with Crippen molar-refractivity contribution >= 4 is 23.0 Å². The number of carboxylic acids is 1. The third kappa shape index (κ3) is 2.81. The Morgan fingerprint density at radius 2 is 1.86 bits per heavy atom. The molecule has 3 N–H and O–H groups in total. The molecular formula is C16H17FN2O2. The van der Waals surface area contributed by atoms with Crippen molar-refractivity contribution in [2.75, 3.05) is 17.2 Å². The van der Waals surface area contributed by atoms with Crippen LogP contribution in [0.5, 0.6) is 0 Å². The highest BCUT2D eigenvalue weighted by Crippen LogP contribution is 2.33. The number of nitrogens with zero attached hydrogens (tertiary/aromatic N) is 1. The Hall–Kier alpha value is -2.56. The van der Waals surface area contributed by atoms with Gasteiger partial charge in [0.05, 0.1) is 11.4 Å². The number of rotatable bonds is 4. The first kappa shape index (κ1) is 14.8. The lowest BCUT2D eigenvalue weighted by molar-refractivity contribution is 0.0698. The molecule has 21 heavy (non-hydrogen) atoms. The Balaban J connectivity index is 2.60. The molecule has 0 unspecified atom stereocenters. The highest BCUT2D eigenvalue weighted by Gasteiger charge is 2.21. The fourth-order valence-electron chi connectivity index (χ4n) is 2.25. The number of aryl methyl sites for hydroxylation is 1.